The van der Waals surface area contributed by atoms with Crippen molar-refractivity contribution in [1.82, 2.24) is 5.32 Å². The summed E-state index contributed by atoms with van der Waals surface area (Å²) in [5.41, 5.74) is 0.373. The average molecular weight is 688 g/mol. The average Bonchev–Trinajstić information content (AvgIpc) is 3.00. The minimum atomic E-state index is -4.27. The van der Waals surface area contributed by atoms with Crippen LogP contribution in [0.4, 0.5) is 11.4 Å². The monoisotopic (exact) mass is 687 g/mol. The molecule has 256 valence electrons. The van der Waals surface area contributed by atoms with Crippen LogP contribution in [-0.2, 0) is 29.4 Å². The highest BCUT2D eigenvalue weighted by molar-refractivity contribution is 7.93. The van der Waals surface area contributed by atoms with E-state index in [0.29, 0.717) is 18.7 Å². The van der Waals surface area contributed by atoms with Crippen molar-refractivity contribution >= 4 is 37.2 Å². The molecule has 0 aromatic heterocycles. The number of carbonyl (C=O) groups is 1. The molecule has 0 saturated carbocycles. The minimum Gasteiger partial charge on any atom is -0.506 e. The molecule has 4 N–H and O–H groups in total. The number of sulfonamides is 1. The lowest BCUT2D eigenvalue weighted by Gasteiger charge is -2.35. The molecule has 47 heavy (non-hydrogen) atoms. The molecule has 0 unspecified atom stereocenters. The van der Waals surface area contributed by atoms with Gasteiger partial charge in [0.15, 0.2) is 14.6 Å². The number of piperidine rings is 1. The van der Waals surface area contributed by atoms with Gasteiger partial charge in [0.1, 0.15) is 11.4 Å². The molecule has 0 aliphatic carbocycles. The number of ether oxygens (including phenoxy) is 1. The van der Waals surface area contributed by atoms with Crippen LogP contribution in [0.25, 0.3) is 0 Å². The fourth-order valence-corrected chi connectivity index (χ4v) is 7.48. The van der Waals surface area contributed by atoms with E-state index in [1.807, 2.05) is 0 Å². The number of phenols is 1. The number of hydrogen-bond acceptors (Lipinski definition) is 10. The lowest BCUT2D eigenvalue weighted by molar-refractivity contribution is -0.157. The van der Waals surface area contributed by atoms with Crippen molar-refractivity contribution in [2.24, 2.45) is 0 Å². The van der Waals surface area contributed by atoms with Crippen LogP contribution in [0.3, 0.4) is 0 Å². The van der Waals surface area contributed by atoms with Gasteiger partial charge in [0.25, 0.3) is 0 Å². The van der Waals surface area contributed by atoms with E-state index >= 15 is 0 Å². The topological polar surface area (TPSA) is 162 Å². The van der Waals surface area contributed by atoms with E-state index in [0.717, 1.165) is 24.8 Å². The summed E-state index contributed by atoms with van der Waals surface area (Å²) in [7, 11) is -7.87. The van der Waals surface area contributed by atoms with Gasteiger partial charge >= 0.3 is 5.97 Å². The van der Waals surface area contributed by atoms with Crippen LogP contribution in [0, 0.1) is 23.7 Å². The van der Waals surface area contributed by atoms with Crippen LogP contribution < -0.4 is 14.9 Å². The Morgan fingerprint density at radius 1 is 1.00 bits per heavy atom. The molecule has 1 aliphatic rings. The Morgan fingerprint density at radius 3 is 2.09 bits per heavy atom. The second-order valence-corrected chi connectivity index (χ2v) is 16.5. The van der Waals surface area contributed by atoms with Crippen molar-refractivity contribution in [2.75, 3.05) is 35.5 Å². The van der Waals surface area contributed by atoms with Gasteiger partial charge in [0, 0.05) is 44.2 Å². The zero-order valence-corrected chi connectivity index (χ0v) is 29.4. The molecule has 1 saturated heterocycles. The Labute approximate surface area is 279 Å². The molecule has 2 aromatic carbocycles. The molecular formula is C34H45N3O8S2. The van der Waals surface area contributed by atoms with Crippen molar-refractivity contribution < 1.29 is 36.6 Å². The first-order valence-corrected chi connectivity index (χ1v) is 18.6. The van der Waals surface area contributed by atoms with Crippen molar-refractivity contribution in [1.29, 1.82) is 0 Å². The number of hydrogen-bond donors (Lipinski definition) is 4. The second-order valence-electron chi connectivity index (χ2n) is 12.5. The predicted molar refractivity (Wildman–Crippen MR) is 183 cm³/mol. The largest absolute Gasteiger partial charge is 0.506 e. The molecule has 1 atom stereocenters. The van der Waals surface area contributed by atoms with Gasteiger partial charge in [-0.25, -0.2) is 16.8 Å². The summed E-state index contributed by atoms with van der Waals surface area (Å²) in [6.07, 6.45) is 1.07. The minimum absolute atomic E-state index is 0.00373. The van der Waals surface area contributed by atoms with Crippen LogP contribution in [0.5, 0.6) is 5.75 Å². The number of aliphatic hydroxyl groups excluding tert-OH is 1. The number of esters is 1. The third-order valence-electron chi connectivity index (χ3n) is 7.69. The van der Waals surface area contributed by atoms with E-state index < -0.39 is 42.3 Å². The molecule has 3 rings (SSSR count). The first-order valence-electron chi connectivity index (χ1n) is 15.3. The quantitative estimate of drug-likeness (QED) is 0.147. The van der Waals surface area contributed by atoms with Gasteiger partial charge < -0.3 is 25.2 Å². The van der Waals surface area contributed by atoms with Crippen molar-refractivity contribution in [3.8, 4) is 29.4 Å². The number of nitrogens with one attached hydrogen (secondary N) is 2. The second kappa shape index (κ2) is 15.4. The van der Waals surface area contributed by atoms with E-state index in [4.69, 9.17) is 4.74 Å². The normalized spacial score (nSPS) is 15.1. The van der Waals surface area contributed by atoms with Gasteiger partial charge in [0.2, 0.25) is 10.0 Å². The molecule has 13 heteroatoms. The van der Waals surface area contributed by atoms with Crippen LogP contribution in [0.15, 0.2) is 47.4 Å². The van der Waals surface area contributed by atoms with Crippen molar-refractivity contribution in [3.05, 3.63) is 48.0 Å². The summed E-state index contributed by atoms with van der Waals surface area (Å²) in [5.74, 6) is 9.86. The van der Waals surface area contributed by atoms with Crippen LogP contribution >= 0.6 is 0 Å². The lowest BCUT2D eigenvalue weighted by atomic mass is 10.00. The highest BCUT2D eigenvalue weighted by Gasteiger charge is 2.53. The van der Waals surface area contributed by atoms with Crippen LogP contribution in [0.2, 0.25) is 0 Å². The first kappa shape index (κ1) is 37.7. The summed E-state index contributed by atoms with van der Waals surface area (Å²) in [5, 5.41) is 24.0. The molecule has 1 aliphatic heterocycles. The van der Waals surface area contributed by atoms with Gasteiger partial charge in [-0.05, 0) is 89.4 Å². The van der Waals surface area contributed by atoms with Crippen molar-refractivity contribution in [3.63, 3.8) is 0 Å². The summed E-state index contributed by atoms with van der Waals surface area (Å²) in [6.45, 7) is 9.80. The number of carbonyl (C=O) groups excluding carboxylic acids is 1. The number of anilines is 2. The first-order chi connectivity index (χ1) is 21.9. The molecule has 2 aromatic rings. The highest BCUT2D eigenvalue weighted by Crippen LogP contribution is 2.36. The summed E-state index contributed by atoms with van der Waals surface area (Å²) < 4.78 is 57.3. The highest BCUT2D eigenvalue weighted by atomic mass is 32.2. The standard InChI is InChI=1S/C34H45N3O8S2/c1-7-9-19-34(20-10-8-2,32(40)45-33(3,4)5)47(43,44)28-14-12-27(13-15-28)37-21-17-26(18-22-37)35-24-31(39)25-11-16-30(38)29(23-25)36-46(6,41)42/h11-16,23,26,31,35-36,38-39H,17-22,24H2,1-6H3/t31-/m1/s1. The van der Waals surface area contributed by atoms with Crippen molar-refractivity contribution in [2.45, 2.75) is 87.7 Å². The zero-order valence-electron chi connectivity index (χ0n) is 27.8. The fraction of sp³-hybridized carbons (Fsp3) is 0.500. The number of rotatable bonds is 12. The van der Waals surface area contributed by atoms with E-state index in [1.165, 1.54) is 30.3 Å². The fourth-order valence-electron chi connectivity index (χ4n) is 5.18. The lowest BCUT2D eigenvalue weighted by Crippen LogP contribution is -2.49. The number of benzene rings is 2. The van der Waals surface area contributed by atoms with Gasteiger partial charge in [-0.1, -0.05) is 6.07 Å². The van der Waals surface area contributed by atoms with Crippen LogP contribution in [0.1, 0.15) is 72.0 Å². The van der Waals surface area contributed by atoms with E-state index in [1.54, 1.807) is 46.8 Å². The Kier molecular flexibility index (Phi) is 12.4. The number of nitrogens with zero attached hydrogens (tertiary/aromatic N) is 1. The Hall–Kier alpha value is -3.75. The third-order valence-corrected chi connectivity index (χ3v) is 10.7. The molecule has 1 fully saturated rings. The summed E-state index contributed by atoms with van der Waals surface area (Å²) in [6, 6.07) is 10.9. The number of aromatic hydroxyl groups is 1. The molecule has 0 bridgehead atoms. The Balaban J connectivity index is 1.69. The molecule has 1 heterocycles. The molecule has 11 nitrogen and oxygen atoms in total. The smallest absolute Gasteiger partial charge is 0.330 e. The van der Waals surface area contributed by atoms with Gasteiger partial charge in [-0.2, -0.15) is 0 Å². The molecular weight excluding hydrogens is 643 g/mol. The zero-order chi connectivity index (χ0) is 35.0. The maximum atomic E-state index is 14.1. The number of aliphatic hydroxyl groups is 1. The maximum absolute atomic E-state index is 14.1. The summed E-state index contributed by atoms with van der Waals surface area (Å²) in [4.78, 5) is 15.6. The predicted octanol–water partition coefficient (Wildman–Crippen LogP) is 3.74. The SMILES string of the molecule is CC#CCC(CC#CC)(C(=O)OC(C)(C)C)S(=O)(=O)c1ccc(N2CCC(NC[C@@H](O)c3ccc(O)c(NS(C)(=O)=O)c3)CC2)cc1. The molecule has 0 radical (unpaired) electrons. The Bertz CT molecular complexity index is 1730. The summed E-state index contributed by atoms with van der Waals surface area (Å²) >= 11 is 0. The van der Waals surface area contributed by atoms with E-state index in [9.17, 15) is 31.8 Å². The number of sulfone groups is 1. The van der Waals surface area contributed by atoms with E-state index in [2.05, 4.69) is 38.6 Å². The number of phenolic OH excluding ortho intramolecular Hbond substituents is 1. The molecule has 0 spiro atoms. The maximum Gasteiger partial charge on any atom is 0.330 e. The van der Waals surface area contributed by atoms with Gasteiger partial charge in [-0.15, -0.1) is 23.7 Å². The Morgan fingerprint density at radius 2 is 1.57 bits per heavy atom. The third kappa shape index (κ3) is 9.88. The van der Waals surface area contributed by atoms with E-state index in [-0.39, 0.29) is 41.8 Å². The van der Waals surface area contributed by atoms with Gasteiger partial charge in [0.05, 0.1) is 22.9 Å². The van der Waals surface area contributed by atoms with Crippen LogP contribution in [-0.4, -0.2) is 75.3 Å². The van der Waals surface area contributed by atoms with Gasteiger partial charge in [-0.3, -0.25) is 9.52 Å². The molecule has 0 amide bonds.